The van der Waals surface area contributed by atoms with Gasteiger partial charge in [-0.1, -0.05) is 29.7 Å². The van der Waals surface area contributed by atoms with E-state index < -0.39 is 0 Å². The standard InChI is InChI=1S/C12H14ClNS/c1-2-7-14-8-9-15-10-11-3-5-12(13)6-4-11/h1,3-6,14H,7-10H2. The number of hydrogen-bond acceptors (Lipinski definition) is 2. The Morgan fingerprint density at radius 3 is 2.73 bits per heavy atom. The maximum Gasteiger partial charge on any atom is 0.0574 e. The van der Waals surface area contributed by atoms with Gasteiger partial charge in [0.2, 0.25) is 0 Å². The largest absolute Gasteiger partial charge is 0.305 e. The molecule has 0 saturated carbocycles. The van der Waals surface area contributed by atoms with E-state index in [0.29, 0.717) is 6.54 Å². The molecule has 15 heavy (non-hydrogen) atoms. The molecule has 0 spiro atoms. The van der Waals surface area contributed by atoms with E-state index in [1.807, 2.05) is 23.9 Å². The molecule has 0 aliphatic rings. The van der Waals surface area contributed by atoms with E-state index in [1.165, 1.54) is 5.56 Å². The van der Waals surface area contributed by atoms with E-state index in [-0.39, 0.29) is 0 Å². The Morgan fingerprint density at radius 2 is 2.07 bits per heavy atom. The highest BCUT2D eigenvalue weighted by Gasteiger charge is 1.93. The lowest BCUT2D eigenvalue weighted by molar-refractivity contribution is 0.818. The van der Waals surface area contributed by atoms with Crippen molar-refractivity contribution in [3.05, 3.63) is 34.9 Å². The number of benzene rings is 1. The smallest absolute Gasteiger partial charge is 0.0574 e. The number of halogens is 1. The van der Waals surface area contributed by atoms with Crippen LogP contribution in [0, 0.1) is 12.3 Å². The first-order valence-electron chi connectivity index (χ1n) is 4.79. The number of rotatable bonds is 6. The summed E-state index contributed by atoms with van der Waals surface area (Å²) >= 11 is 7.68. The molecule has 0 unspecified atom stereocenters. The van der Waals surface area contributed by atoms with Crippen LogP contribution >= 0.6 is 23.4 Å². The molecule has 1 rings (SSSR count). The van der Waals surface area contributed by atoms with Crippen molar-refractivity contribution < 1.29 is 0 Å². The predicted octanol–water partition coefficient (Wildman–Crippen LogP) is 2.80. The van der Waals surface area contributed by atoms with Crippen LogP contribution in [-0.4, -0.2) is 18.8 Å². The van der Waals surface area contributed by atoms with E-state index in [0.717, 1.165) is 23.1 Å². The summed E-state index contributed by atoms with van der Waals surface area (Å²) in [4.78, 5) is 0. The summed E-state index contributed by atoms with van der Waals surface area (Å²) in [6.07, 6.45) is 5.12. The minimum Gasteiger partial charge on any atom is -0.305 e. The average molecular weight is 240 g/mol. The number of nitrogens with one attached hydrogen (secondary N) is 1. The van der Waals surface area contributed by atoms with Crippen LogP contribution < -0.4 is 5.32 Å². The van der Waals surface area contributed by atoms with Crippen LogP contribution in [0.1, 0.15) is 5.56 Å². The quantitative estimate of drug-likeness (QED) is 0.605. The summed E-state index contributed by atoms with van der Waals surface area (Å²) in [6.45, 7) is 1.62. The monoisotopic (exact) mass is 239 g/mol. The van der Waals surface area contributed by atoms with Crippen LogP contribution in [0.2, 0.25) is 5.02 Å². The van der Waals surface area contributed by atoms with Gasteiger partial charge < -0.3 is 5.32 Å². The second-order valence-corrected chi connectivity index (χ2v) is 4.60. The van der Waals surface area contributed by atoms with Gasteiger partial charge in [-0.2, -0.15) is 11.8 Å². The van der Waals surface area contributed by atoms with Gasteiger partial charge in [0.1, 0.15) is 0 Å². The Morgan fingerprint density at radius 1 is 1.33 bits per heavy atom. The Hall–Kier alpha value is -0.620. The lowest BCUT2D eigenvalue weighted by atomic mass is 10.2. The Balaban J connectivity index is 2.10. The molecule has 1 N–H and O–H groups in total. The van der Waals surface area contributed by atoms with E-state index in [9.17, 15) is 0 Å². The van der Waals surface area contributed by atoms with Crippen LogP contribution in [0.3, 0.4) is 0 Å². The predicted molar refractivity (Wildman–Crippen MR) is 69.3 cm³/mol. The Kier molecular flexibility index (Phi) is 6.34. The third-order valence-corrected chi connectivity index (χ3v) is 3.11. The SMILES string of the molecule is C#CCNCCSCc1ccc(Cl)cc1. The third kappa shape index (κ3) is 5.74. The topological polar surface area (TPSA) is 12.0 Å². The van der Waals surface area contributed by atoms with Crippen LogP contribution in [0.15, 0.2) is 24.3 Å². The highest BCUT2D eigenvalue weighted by atomic mass is 35.5. The van der Waals surface area contributed by atoms with E-state index >= 15 is 0 Å². The van der Waals surface area contributed by atoms with Gasteiger partial charge in [0, 0.05) is 23.1 Å². The molecule has 1 aromatic carbocycles. The van der Waals surface area contributed by atoms with Crippen molar-refractivity contribution >= 4 is 23.4 Å². The molecule has 0 saturated heterocycles. The first-order chi connectivity index (χ1) is 7.33. The maximum atomic E-state index is 5.79. The normalized spacial score (nSPS) is 9.87. The molecule has 0 atom stereocenters. The second kappa shape index (κ2) is 7.64. The molecule has 1 aromatic rings. The van der Waals surface area contributed by atoms with Crippen molar-refractivity contribution in [1.29, 1.82) is 0 Å². The van der Waals surface area contributed by atoms with Crippen molar-refractivity contribution in [1.82, 2.24) is 5.32 Å². The van der Waals surface area contributed by atoms with Crippen LogP contribution in [0.4, 0.5) is 0 Å². The van der Waals surface area contributed by atoms with Gasteiger partial charge in [-0.05, 0) is 17.7 Å². The Bertz CT molecular complexity index is 315. The summed E-state index contributed by atoms with van der Waals surface area (Å²) in [7, 11) is 0. The molecule has 0 bridgehead atoms. The van der Waals surface area contributed by atoms with Crippen molar-refractivity contribution in [2.45, 2.75) is 5.75 Å². The van der Waals surface area contributed by atoms with Crippen LogP contribution in [-0.2, 0) is 5.75 Å². The molecule has 3 heteroatoms. The van der Waals surface area contributed by atoms with Crippen LogP contribution in [0.5, 0.6) is 0 Å². The van der Waals surface area contributed by atoms with E-state index in [4.69, 9.17) is 18.0 Å². The number of terminal acetylenes is 1. The van der Waals surface area contributed by atoms with Crippen molar-refractivity contribution in [3.8, 4) is 12.3 Å². The number of thioether (sulfide) groups is 1. The zero-order valence-corrected chi connectivity index (χ0v) is 10.1. The lowest BCUT2D eigenvalue weighted by Crippen LogP contribution is -2.16. The highest BCUT2D eigenvalue weighted by molar-refractivity contribution is 7.98. The summed E-state index contributed by atoms with van der Waals surface area (Å²) in [5.74, 6) is 4.64. The van der Waals surface area contributed by atoms with Gasteiger partial charge in [0.05, 0.1) is 6.54 Å². The summed E-state index contributed by atoms with van der Waals surface area (Å²) in [5, 5.41) is 3.94. The minimum absolute atomic E-state index is 0.654. The second-order valence-electron chi connectivity index (χ2n) is 3.06. The Labute approximate surface area is 101 Å². The lowest BCUT2D eigenvalue weighted by Gasteiger charge is -2.02. The fourth-order valence-electron chi connectivity index (χ4n) is 1.08. The van der Waals surface area contributed by atoms with E-state index in [1.54, 1.807) is 0 Å². The molecule has 0 aromatic heterocycles. The van der Waals surface area contributed by atoms with Crippen molar-refractivity contribution in [2.75, 3.05) is 18.8 Å². The zero-order valence-electron chi connectivity index (χ0n) is 8.50. The van der Waals surface area contributed by atoms with Gasteiger partial charge in [-0.3, -0.25) is 0 Å². The van der Waals surface area contributed by atoms with Gasteiger partial charge in [0.25, 0.3) is 0 Å². The van der Waals surface area contributed by atoms with Gasteiger partial charge in [-0.15, -0.1) is 6.42 Å². The summed E-state index contributed by atoms with van der Waals surface area (Å²) in [6, 6.07) is 7.97. The molecule has 1 nitrogen and oxygen atoms in total. The van der Waals surface area contributed by atoms with Crippen molar-refractivity contribution in [2.24, 2.45) is 0 Å². The molecular formula is C12H14ClNS. The molecule has 0 amide bonds. The highest BCUT2D eigenvalue weighted by Crippen LogP contribution is 2.14. The van der Waals surface area contributed by atoms with Gasteiger partial charge in [-0.25, -0.2) is 0 Å². The van der Waals surface area contributed by atoms with E-state index in [2.05, 4.69) is 23.4 Å². The third-order valence-electron chi connectivity index (χ3n) is 1.83. The summed E-state index contributed by atoms with van der Waals surface area (Å²) in [5.41, 5.74) is 1.31. The van der Waals surface area contributed by atoms with Gasteiger partial charge in [0.15, 0.2) is 0 Å². The molecule has 0 heterocycles. The molecule has 0 radical (unpaired) electrons. The molecule has 0 aliphatic heterocycles. The first kappa shape index (κ1) is 12.4. The minimum atomic E-state index is 0.654. The van der Waals surface area contributed by atoms with Gasteiger partial charge >= 0.3 is 0 Å². The fourth-order valence-corrected chi connectivity index (χ4v) is 2.06. The summed E-state index contributed by atoms with van der Waals surface area (Å²) < 4.78 is 0. The first-order valence-corrected chi connectivity index (χ1v) is 6.32. The van der Waals surface area contributed by atoms with Crippen molar-refractivity contribution in [3.63, 3.8) is 0 Å². The molecule has 0 fully saturated rings. The zero-order chi connectivity index (χ0) is 10.9. The molecule has 0 aliphatic carbocycles. The molecular weight excluding hydrogens is 226 g/mol. The fraction of sp³-hybridized carbons (Fsp3) is 0.333. The molecule has 80 valence electrons. The maximum absolute atomic E-state index is 5.79. The van der Waals surface area contributed by atoms with Crippen LogP contribution in [0.25, 0.3) is 0 Å². The number of hydrogen-bond donors (Lipinski definition) is 1. The average Bonchev–Trinajstić information content (AvgIpc) is 2.26.